The summed E-state index contributed by atoms with van der Waals surface area (Å²) in [5, 5.41) is 1.32. The van der Waals surface area contributed by atoms with Crippen LogP contribution in [0.5, 0.6) is 0 Å². The summed E-state index contributed by atoms with van der Waals surface area (Å²) in [7, 11) is 0. The molecule has 0 saturated heterocycles. The normalized spacial score (nSPS) is 9.12. The Balaban J connectivity index is 3.39. The third kappa shape index (κ3) is 3.49. The van der Waals surface area contributed by atoms with Crippen LogP contribution in [0.25, 0.3) is 0 Å². The van der Waals surface area contributed by atoms with E-state index in [1.807, 2.05) is 0 Å². The Labute approximate surface area is 53.2 Å². The highest BCUT2D eigenvalue weighted by molar-refractivity contribution is 7.83. The van der Waals surface area contributed by atoms with E-state index >= 15 is 0 Å². The summed E-state index contributed by atoms with van der Waals surface area (Å²) >= 11 is 3.64. The van der Waals surface area contributed by atoms with E-state index in [4.69, 9.17) is 0 Å². The Hall–Kier alpha value is -0.700. The SMILES string of the molecule is C=CC(=O)O/C=C/S. The van der Waals surface area contributed by atoms with Crippen LogP contribution in [0.15, 0.2) is 24.3 Å². The molecule has 8 heavy (non-hydrogen) atoms. The standard InChI is InChI=1S/C5H6O2S/c1-2-5(6)7-3-4-8/h2-4,8H,1H2/b4-3+. The molecule has 0 aromatic carbocycles. The molecule has 2 nitrogen and oxygen atoms in total. The van der Waals surface area contributed by atoms with E-state index in [9.17, 15) is 4.79 Å². The minimum Gasteiger partial charge on any atom is -0.431 e. The minimum atomic E-state index is -0.477. The molecule has 0 aromatic rings. The molecule has 0 heterocycles. The quantitative estimate of drug-likeness (QED) is 0.262. The molecule has 0 aliphatic carbocycles. The molecule has 0 spiro atoms. The molecule has 0 rings (SSSR count). The number of esters is 1. The molecule has 0 fully saturated rings. The topological polar surface area (TPSA) is 26.3 Å². The summed E-state index contributed by atoms with van der Waals surface area (Å²) in [6.07, 6.45) is 2.25. The molecule has 3 heteroatoms. The lowest BCUT2D eigenvalue weighted by Crippen LogP contribution is -1.90. The number of carbonyl (C=O) groups excluding carboxylic acids is 1. The first-order valence-corrected chi connectivity index (χ1v) is 2.45. The fourth-order valence-corrected chi connectivity index (χ4v) is 0.206. The molecule has 0 aromatic heterocycles. The van der Waals surface area contributed by atoms with Gasteiger partial charge in [0.25, 0.3) is 0 Å². The molecule has 0 amide bonds. The van der Waals surface area contributed by atoms with E-state index in [-0.39, 0.29) is 0 Å². The zero-order chi connectivity index (χ0) is 6.41. The van der Waals surface area contributed by atoms with Gasteiger partial charge in [-0.25, -0.2) is 4.79 Å². The van der Waals surface area contributed by atoms with Gasteiger partial charge in [-0.2, -0.15) is 0 Å². The number of hydrogen-bond acceptors (Lipinski definition) is 3. The van der Waals surface area contributed by atoms with Crippen LogP contribution in [0, 0.1) is 0 Å². The maximum Gasteiger partial charge on any atom is 0.334 e. The number of hydrogen-bond donors (Lipinski definition) is 1. The van der Waals surface area contributed by atoms with Gasteiger partial charge in [0.15, 0.2) is 0 Å². The van der Waals surface area contributed by atoms with Crippen molar-refractivity contribution in [2.24, 2.45) is 0 Å². The maximum absolute atomic E-state index is 10.1. The highest BCUT2D eigenvalue weighted by Crippen LogP contribution is 1.82. The van der Waals surface area contributed by atoms with Crippen LogP contribution in [-0.2, 0) is 9.53 Å². The van der Waals surface area contributed by atoms with Gasteiger partial charge < -0.3 is 4.74 Å². The molecule has 0 radical (unpaired) electrons. The van der Waals surface area contributed by atoms with Gasteiger partial charge >= 0.3 is 5.97 Å². The maximum atomic E-state index is 10.1. The number of ether oxygens (including phenoxy) is 1. The van der Waals surface area contributed by atoms with Crippen molar-refractivity contribution in [3.05, 3.63) is 24.3 Å². The average Bonchev–Trinajstić information content (AvgIpc) is 1.83. The Morgan fingerprint density at radius 3 is 2.75 bits per heavy atom. The monoisotopic (exact) mass is 130 g/mol. The zero-order valence-corrected chi connectivity index (χ0v) is 5.10. The number of thiol groups is 1. The first kappa shape index (κ1) is 7.30. The molecule has 0 saturated carbocycles. The van der Waals surface area contributed by atoms with Crippen LogP contribution in [0.3, 0.4) is 0 Å². The summed E-state index contributed by atoms with van der Waals surface area (Å²) in [6.45, 7) is 3.18. The number of carbonyl (C=O) groups is 1. The van der Waals surface area contributed by atoms with Crippen LogP contribution in [0.1, 0.15) is 0 Å². The smallest absolute Gasteiger partial charge is 0.334 e. The summed E-state index contributed by atoms with van der Waals surface area (Å²) < 4.78 is 4.33. The molecule has 0 atom stereocenters. The van der Waals surface area contributed by atoms with Crippen molar-refractivity contribution in [2.75, 3.05) is 0 Å². The predicted octanol–water partition coefficient (Wildman–Crippen LogP) is 1.12. The van der Waals surface area contributed by atoms with Crippen molar-refractivity contribution in [3.63, 3.8) is 0 Å². The Bertz CT molecular complexity index is 118. The van der Waals surface area contributed by atoms with E-state index in [0.717, 1.165) is 6.08 Å². The van der Waals surface area contributed by atoms with Crippen molar-refractivity contribution >= 4 is 18.6 Å². The summed E-state index contributed by atoms with van der Waals surface area (Å²) in [5.41, 5.74) is 0. The van der Waals surface area contributed by atoms with Crippen LogP contribution in [-0.4, -0.2) is 5.97 Å². The first-order chi connectivity index (χ1) is 3.81. The lowest BCUT2D eigenvalue weighted by atomic mass is 10.7. The van der Waals surface area contributed by atoms with Gasteiger partial charge in [-0.05, 0) is 0 Å². The third-order valence-electron chi connectivity index (χ3n) is 0.412. The van der Waals surface area contributed by atoms with Crippen molar-refractivity contribution in [3.8, 4) is 0 Å². The molecular formula is C5H6O2S. The van der Waals surface area contributed by atoms with Crippen LogP contribution in [0.4, 0.5) is 0 Å². The number of rotatable bonds is 2. The van der Waals surface area contributed by atoms with Crippen molar-refractivity contribution in [2.45, 2.75) is 0 Å². The summed E-state index contributed by atoms with van der Waals surface area (Å²) in [4.78, 5) is 10.1. The molecule has 0 N–H and O–H groups in total. The highest BCUT2D eigenvalue weighted by Gasteiger charge is 1.85. The van der Waals surface area contributed by atoms with E-state index in [1.54, 1.807) is 0 Å². The second-order valence-corrected chi connectivity index (χ2v) is 1.22. The molecule has 0 bridgehead atoms. The fourth-order valence-electron chi connectivity index (χ4n) is 0.146. The molecule has 0 aliphatic rings. The van der Waals surface area contributed by atoms with Gasteiger partial charge in [0.2, 0.25) is 0 Å². The average molecular weight is 130 g/mol. The van der Waals surface area contributed by atoms with Gasteiger partial charge in [-0.1, -0.05) is 6.58 Å². The molecule has 0 unspecified atom stereocenters. The predicted molar refractivity (Wildman–Crippen MR) is 34.4 cm³/mol. The van der Waals surface area contributed by atoms with E-state index in [1.165, 1.54) is 11.7 Å². The lowest BCUT2D eigenvalue weighted by molar-refractivity contribution is -0.132. The minimum absolute atomic E-state index is 0.477. The molecule has 44 valence electrons. The van der Waals surface area contributed by atoms with E-state index in [0.29, 0.717) is 0 Å². The van der Waals surface area contributed by atoms with Crippen LogP contribution in [0.2, 0.25) is 0 Å². The van der Waals surface area contributed by atoms with E-state index < -0.39 is 5.97 Å². The fraction of sp³-hybridized carbons (Fsp3) is 0. The largest absolute Gasteiger partial charge is 0.431 e. The van der Waals surface area contributed by atoms with Crippen molar-refractivity contribution in [1.82, 2.24) is 0 Å². The van der Waals surface area contributed by atoms with Crippen molar-refractivity contribution in [1.29, 1.82) is 0 Å². The van der Waals surface area contributed by atoms with Gasteiger partial charge in [0.1, 0.15) is 6.26 Å². The first-order valence-electron chi connectivity index (χ1n) is 1.93. The Morgan fingerprint density at radius 1 is 1.75 bits per heavy atom. The van der Waals surface area contributed by atoms with Crippen LogP contribution < -0.4 is 0 Å². The zero-order valence-electron chi connectivity index (χ0n) is 4.20. The van der Waals surface area contributed by atoms with E-state index in [2.05, 4.69) is 23.9 Å². The van der Waals surface area contributed by atoms with Gasteiger partial charge in [-0.15, -0.1) is 12.6 Å². The molecular weight excluding hydrogens is 124 g/mol. The lowest BCUT2D eigenvalue weighted by Gasteiger charge is -1.86. The Kier molecular flexibility index (Phi) is 4.07. The summed E-state index contributed by atoms with van der Waals surface area (Å²) in [6, 6.07) is 0. The highest BCUT2D eigenvalue weighted by atomic mass is 32.1. The van der Waals surface area contributed by atoms with Gasteiger partial charge in [-0.3, -0.25) is 0 Å². The molecule has 0 aliphatic heterocycles. The van der Waals surface area contributed by atoms with Gasteiger partial charge in [0, 0.05) is 11.5 Å². The third-order valence-corrected chi connectivity index (χ3v) is 0.533. The second kappa shape index (κ2) is 4.46. The van der Waals surface area contributed by atoms with Crippen molar-refractivity contribution < 1.29 is 9.53 Å². The van der Waals surface area contributed by atoms with Gasteiger partial charge in [0.05, 0.1) is 0 Å². The Morgan fingerprint density at radius 2 is 2.38 bits per heavy atom. The van der Waals surface area contributed by atoms with Crippen LogP contribution >= 0.6 is 12.6 Å². The second-order valence-electron chi connectivity index (χ2n) is 0.926. The summed E-state index contributed by atoms with van der Waals surface area (Å²) in [5.74, 6) is -0.477.